The third-order valence-electron chi connectivity index (χ3n) is 1.89. The fourth-order valence-corrected chi connectivity index (χ4v) is 1.10. The van der Waals surface area contributed by atoms with E-state index < -0.39 is 5.97 Å². The Bertz CT molecular complexity index is 202. The van der Waals surface area contributed by atoms with Crippen LogP contribution in [0.1, 0.15) is 26.7 Å². The minimum atomic E-state index is -0.910. The van der Waals surface area contributed by atoms with Crippen LogP contribution in [-0.2, 0) is 4.79 Å². The lowest BCUT2D eigenvalue weighted by Gasteiger charge is -2.12. The van der Waals surface area contributed by atoms with E-state index in [1.54, 1.807) is 6.92 Å². The molecule has 0 aliphatic carbocycles. The van der Waals surface area contributed by atoms with Gasteiger partial charge >= 0.3 is 5.97 Å². The molecule has 0 saturated carbocycles. The summed E-state index contributed by atoms with van der Waals surface area (Å²) >= 11 is 0. The predicted octanol–water partition coefficient (Wildman–Crippen LogP) is 0.768. The van der Waals surface area contributed by atoms with E-state index >= 15 is 0 Å². The van der Waals surface area contributed by atoms with E-state index in [4.69, 9.17) is 10.2 Å². The van der Waals surface area contributed by atoms with E-state index in [0.29, 0.717) is 12.6 Å². The summed E-state index contributed by atoms with van der Waals surface area (Å²) in [5.74, 6) is -0.910. The predicted molar refractivity (Wildman–Crippen MR) is 55.2 cm³/mol. The van der Waals surface area contributed by atoms with Crippen LogP contribution in [0, 0.1) is 0 Å². The first-order valence-corrected chi connectivity index (χ1v) is 4.80. The van der Waals surface area contributed by atoms with Gasteiger partial charge in [0.15, 0.2) is 0 Å². The van der Waals surface area contributed by atoms with Gasteiger partial charge in [-0.2, -0.15) is 0 Å². The molecule has 0 spiro atoms. The molecule has 0 aromatic carbocycles. The first kappa shape index (κ1) is 13.1. The van der Waals surface area contributed by atoms with Crippen LogP contribution in [0.25, 0.3) is 0 Å². The lowest BCUT2D eigenvalue weighted by atomic mass is 10.2. The maximum Gasteiger partial charge on any atom is 0.328 e. The molecule has 0 fully saturated rings. The SMILES string of the molecule is CC(=CC(=O)O)CNC(C)CCCO. The van der Waals surface area contributed by atoms with Crippen LogP contribution in [-0.4, -0.2) is 35.4 Å². The molecule has 0 amide bonds. The molecule has 0 bridgehead atoms. The second-order valence-corrected chi connectivity index (χ2v) is 3.48. The summed E-state index contributed by atoms with van der Waals surface area (Å²) in [7, 11) is 0. The Morgan fingerprint density at radius 3 is 2.71 bits per heavy atom. The van der Waals surface area contributed by atoms with E-state index in [-0.39, 0.29) is 6.61 Å². The zero-order chi connectivity index (χ0) is 11.0. The number of carbonyl (C=O) groups is 1. The van der Waals surface area contributed by atoms with Crippen LogP contribution in [0.3, 0.4) is 0 Å². The summed E-state index contributed by atoms with van der Waals surface area (Å²) in [6.07, 6.45) is 2.87. The maximum atomic E-state index is 10.3. The molecule has 14 heavy (non-hydrogen) atoms. The van der Waals surface area contributed by atoms with Crippen LogP contribution in [0.5, 0.6) is 0 Å². The summed E-state index contributed by atoms with van der Waals surface area (Å²) in [4.78, 5) is 10.3. The zero-order valence-electron chi connectivity index (χ0n) is 8.79. The Hall–Kier alpha value is -0.870. The highest BCUT2D eigenvalue weighted by atomic mass is 16.4. The van der Waals surface area contributed by atoms with Crippen molar-refractivity contribution >= 4 is 5.97 Å². The van der Waals surface area contributed by atoms with Crippen molar-refractivity contribution < 1.29 is 15.0 Å². The minimum Gasteiger partial charge on any atom is -0.478 e. The van der Waals surface area contributed by atoms with E-state index in [1.165, 1.54) is 6.08 Å². The molecule has 82 valence electrons. The molecule has 0 aliphatic rings. The average molecular weight is 201 g/mol. The van der Waals surface area contributed by atoms with Gasteiger partial charge in [0.25, 0.3) is 0 Å². The van der Waals surface area contributed by atoms with E-state index in [9.17, 15) is 4.79 Å². The lowest BCUT2D eigenvalue weighted by molar-refractivity contribution is -0.131. The summed E-state index contributed by atoms with van der Waals surface area (Å²) in [5.41, 5.74) is 0.799. The van der Waals surface area contributed by atoms with Crippen LogP contribution in [0.15, 0.2) is 11.6 Å². The quantitative estimate of drug-likeness (QED) is 0.532. The molecule has 0 radical (unpaired) electrons. The molecule has 0 aromatic heterocycles. The van der Waals surface area contributed by atoms with Gasteiger partial charge in [-0.25, -0.2) is 4.79 Å². The van der Waals surface area contributed by atoms with Crippen LogP contribution >= 0.6 is 0 Å². The highest BCUT2D eigenvalue weighted by Gasteiger charge is 2.01. The Labute approximate surface area is 84.6 Å². The van der Waals surface area contributed by atoms with Gasteiger partial charge in [0.05, 0.1) is 0 Å². The van der Waals surface area contributed by atoms with Gasteiger partial charge in [0.2, 0.25) is 0 Å². The number of hydrogen-bond acceptors (Lipinski definition) is 3. The second kappa shape index (κ2) is 7.53. The van der Waals surface area contributed by atoms with E-state index in [2.05, 4.69) is 5.32 Å². The third kappa shape index (κ3) is 7.76. The van der Waals surface area contributed by atoms with Gasteiger partial charge in [-0.15, -0.1) is 0 Å². The number of hydrogen-bond donors (Lipinski definition) is 3. The molecule has 0 rings (SSSR count). The molecule has 0 aromatic rings. The monoisotopic (exact) mass is 201 g/mol. The molecule has 0 heterocycles. The zero-order valence-corrected chi connectivity index (χ0v) is 8.79. The summed E-state index contributed by atoms with van der Waals surface area (Å²) in [6, 6.07) is 0.305. The largest absolute Gasteiger partial charge is 0.478 e. The maximum absolute atomic E-state index is 10.3. The molecule has 4 heteroatoms. The lowest BCUT2D eigenvalue weighted by Crippen LogP contribution is -2.27. The number of aliphatic carboxylic acids is 1. The van der Waals surface area contributed by atoms with Gasteiger partial charge in [0.1, 0.15) is 0 Å². The van der Waals surface area contributed by atoms with Crippen molar-refractivity contribution in [1.29, 1.82) is 0 Å². The number of aliphatic hydroxyl groups is 1. The van der Waals surface area contributed by atoms with Gasteiger partial charge in [-0.1, -0.05) is 5.57 Å². The molecule has 4 nitrogen and oxygen atoms in total. The van der Waals surface area contributed by atoms with Gasteiger partial charge in [-0.05, 0) is 26.7 Å². The summed E-state index contributed by atoms with van der Waals surface area (Å²) in [5, 5.41) is 20.2. The molecule has 1 atom stereocenters. The van der Waals surface area contributed by atoms with Gasteiger partial charge < -0.3 is 15.5 Å². The Morgan fingerprint density at radius 2 is 2.21 bits per heavy atom. The number of aliphatic hydroxyl groups excluding tert-OH is 1. The molecule has 0 saturated heterocycles. The number of carboxylic acids is 1. The van der Waals surface area contributed by atoms with Crippen LogP contribution in [0.4, 0.5) is 0 Å². The topological polar surface area (TPSA) is 69.6 Å². The van der Waals surface area contributed by atoms with Crippen molar-refractivity contribution in [1.82, 2.24) is 5.32 Å². The molecular formula is C10H19NO3. The highest BCUT2D eigenvalue weighted by Crippen LogP contribution is 1.97. The third-order valence-corrected chi connectivity index (χ3v) is 1.89. The first-order chi connectivity index (χ1) is 6.56. The Kier molecular flexibility index (Phi) is 7.06. The average Bonchev–Trinajstić information content (AvgIpc) is 2.10. The fraction of sp³-hybridized carbons (Fsp3) is 0.700. The smallest absolute Gasteiger partial charge is 0.328 e. The molecular weight excluding hydrogens is 182 g/mol. The van der Waals surface area contributed by atoms with Crippen molar-refractivity contribution in [2.75, 3.05) is 13.2 Å². The van der Waals surface area contributed by atoms with Gasteiger partial charge in [-0.3, -0.25) is 0 Å². The number of nitrogens with one attached hydrogen (secondary N) is 1. The normalized spacial score (nSPS) is 14.1. The Morgan fingerprint density at radius 1 is 1.57 bits per heavy atom. The van der Waals surface area contributed by atoms with Crippen molar-refractivity contribution in [2.45, 2.75) is 32.7 Å². The first-order valence-electron chi connectivity index (χ1n) is 4.80. The highest BCUT2D eigenvalue weighted by molar-refractivity contribution is 5.80. The standard InChI is InChI=1S/C10H19NO3/c1-8(6-10(13)14)7-11-9(2)4-3-5-12/h6,9,11-12H,3-5,7H2,1-2H3,(H,13,14). The van der Waals surface area contributed by atoms with Gasteiger partial charge in [0, 0.05) is 25.3 Å². The van der Waals surface area contributed by atoms with Crippen molar-refractivity contribution in [3.8, 4) is 0 Å². The fourth-order valence-electron chi connectivity index (χ4n) is 1.10. The van der Waals surface area contributed by atoms with Crippen molar-refractivity contribution in [3.05, 3.63) is 11.6 Å². The summed E-state index contributed by atoms with van der Waals surface area (Å²) in [6.45, 7) is 4.58. The molecule has 0 aliphatic heterocycles. The van der Waals surface area contributed by atoms with E-state index in [0.717, 1.165) is 18.4 Å². The van der Waals surface area contributed by atoms with Crippen molar-refractivity contribution in [2.24, 2.45) is 0 Å². The van der Waals surface area contributed by atoms with E-state index in [1.807, 2.05) is 6.92 Å². The summed E-state index contributed by atoms with van der Waals surface area (Å²) < 4.78 is 0. The number of rotatable bonds is 7. The number of carboxylic acid groups (broad SMARTS) is 1. The Balaban J connectivity index is 3.65. The van der Waals surface area contributed by atoms with Crippen LogP contribution in [0.2, 0.25) is 0 Å². The van der Waals surface area contributed by atoms with Crippen LogP contribution < -0.4 is 5.32 Å². The second-order valence-electron chi connectivity index (χ2n) is 3.48. The molecule has 3 N–H and O–H groups in total. The minimum absolute atomic E-state index is 0.204. The molecule has 1 unspecified atom stereocenters. The van der Waals surface area contributed by atoms with Crippen molar-refractivity contribution in [3.63, 3.8) is 0 Å².